The zero-order valence-corrected chi connectivity index (χ0v) is 13.4. The van der Waals surface area contributed by atoms with Gasteiger partial charge in [0.05, 0.1) is 4.92 Å². The monoisotopic (exact) mass is 310 g/mol. The summed E-state index contributed by atoms with van der Waals surface area (Å²) in [5.41, 5.74) is 0.762. The first kappa shape index (κ1) is 16.1. The zero-order chi connectivity index (χ0) is 15.4. The van der Waals surface area contributed by atoms with Crippen molar-refractivity contribution in [1.82, 2.24) is 0 Å². The van der Waals surface area contributed by atoms with Crippen molar-refractivity contribution in [3.8, 4) is 0 Å². The minimum absolute atomic E-state index is 0.0313. The lowest BCUT2D eigenvalue weighted by molar-refractivity contribution is -0.384. The molecule has 1 N–H and O–H groups in total. The first-order chi connectivity index (χ1) is 9.95. The molecule has 1 aliphatic rings. The van der Waals surface area contributed by atoms with E-state index in [0.717, 1.165) is 30.4 Å². The highest BCUT2D eigenvalue weighted by Gasteiger charge is 2.23. The van der Waals surface area contributed by atoms with Crippen molar-refractivity contribution >= 4 is 23.0 Å². The molecule has 0 aliphatic heterocycles. The van der Waals surface area contributed by atoms with Gasteiger partial charge in [-0.3, -0.25) is 10.1 Å². The van der Waals surface area contributed by atoms with Crippen LogP contribution in [0.4, 0.5) is 11.4 Å². The van der Waals surface area contributed by atoms with Gasteiger partial charge in [0.2, 0.25) is 0 Å². The molecule has 21 heavy (non-hydrogen) atoms. The van der Waals surface area contributed by atoms with Crippen molar-refractivity contribution in [1.29, 1.82) is 0 Å². The van der Waals surface area contributed by atoms with Gasteiger partial charge in [-0.2, -0.15) is 0 Å². The maximum Gasteiger partial charge on any atom is 0.289 e. The molecule has 2 rings (SSSR count). The molecule has 0 aromatic heterocycles. The third kappa shape index (κ3) is 4.60. The second-order valence-corrected chi connectivity index (χ2v) is 6.83. The Hall–Kier alpha value is -1.29. The van der Waals surface area contributed by atoms with Gasteiger partial charge in [-0.15, -0.1) is 0 Å². The van der Waals surface area contributed by atoms with Gasteiger partial charge in [0.1, 0.15) is 5.02 Å². The number of nitro benzene ring substituents is 1. The molecule has 0 bridgehead atoms. The van der Waals surface area contributed by atoms with E-state index in [-0.39, 0.29) is 10.7 Å². The van der Waals surface area contributed by atoms with Crippen LogP contribution in [0.1, 0.15) is 46.0 Å². The molecule has 116 valence electrons. The standard InChI is InChI=1S/C16H23ClN2O2/c1-11(2)8-12-4-3-5-13(9-12)18-14-6-7-15(17)16(10-14)19(20)21/h6-7,10-13,18H,3-5,8-9H2,1-2H3. The fraction of sp³-hybridized carbons (Fsp3) is 0.625. The van der Waals surface area contributed by atoms with Gasteiger partial charge in [0.25, 0.3) is 5.69 Å². The summed E-state index contributed by atoms with van der Waals surface area (Å²) in [6.07, 6.45) is 6.07. The van der Waals surface area contributed by atoms with Crippen LogP contribution in [-0.4, -0.2) is 11.0 Å². The Morgan fingerprint density at radius 1 is 1.43 bits per heavy atom. The summed E-state index contributed by atoms with van der Waals surface area (Å²) in [4.78, 5) is 10.5. The molecule has 1 aromatic rings. The summed E-state index contributed by atoms with van der Waals surface area (Å²) in [6.45, 7) is 4.53. The predicted octanol–water partition coefficient (Wildman–Crippen LogP) is 5.27. The second-order valence-electron chi connectivity index (χ2n) is 6.43. The van der Waals surface area contributed by atoms with E-state index in [0.29, 0.717) is 6.04 Å². The summed E-state index contributed by atoms with van der Waals surface area (Å²) in [5.74, 6) is 1.49. The number of nitrogens with zero attached hydrogens (tertiary/aromatic N) is 1. The van der Waals surface area contributed by atoms with Crippen LogP contribution in [0, 0.1) is 22.0 Å². The van der Waals surface area contributed by atoms with Crippen molar-refractivity contribution in [3.63, 3.8) is 0 Å². The van der Waals surface area contributed by atoms with Gasteiger partial charge in [-0.1, -0.05) is 38.3 Å². The number of rotatable bonds is 5. The third-order valence-electron chi connectivity index (χ3n) is 4.10. The zero-order valence-electron chi connectivity index (χ0n) is 12.6. The molecule has 1 aliphatic carbocycles. The first-order valence-corrected chi connectivity index (χ1v) is 8.04. The molecule has 0 saturated heterocycles. The van der Waals surface area contributed by atoms with Crippen LogP contribution in [0.25, 0.3) is 0 Å². The van der Waals surface area contributed by atoms with Gasteiger partial charge in [0.15, 0.2) is 0 Å². The molecule has 0 amide bonds. The summed E-state index contributed by atoms with van der Waals surface area (Å²) in [5, 5.41) is 14.6. The smallest absolute Gasteiger partial charge is 0.289 e. The van der Waals surface area contributed by atoms with Gasteiger partial charge in [0, 0.05) is 17.8 Å². The van der Waals surface area contributed by atoms with E-state index in [2.05, 4.69) is 19.2 Å². The normalized spacial score (nSPS) is 22.3. The molecule has 5 heteroatoms. The lowest BCUT2D eigenvalue weighted by atomic mass is 9.81. The van der Waals surface area contributed by atoms with E-state index in [1.165, 1.54) is 25.3 Å². The Kier molecular flexibility index (Phi) is 5.45. The molecule has 0 radical (unpaired) electrons. The topological polar surface area (TPSA) is 55.2 Å². The fourth-order valence-corrected chi connectivity index (χ4v) is 3.47. The van der Waals surface area contributed by atoms with Crippen molar-refractivity contribution in [2.45, 2.75) is 52.0 Å². The lowest BCUT2D eigenvalue weighted by Crippen LogP contribution is -2.27. The third-order valence-corrected chi connectivity index (χ3v) is 4.42. The van der Waals surface area contributed by atoms with Crippen LogP contribution in [0.15, 0.2) is 18.2 Å². The van der Waals surface area contributed by atoms with E-state index >= 15 is 0 Å². The highest BCUT2D eigenvalue weighted by atomic mass is 35.5. The molecular weight excluding hydrogens is 288 g/mol. The van der Waals surface area contributed by atoms with Crippen LogP contribution in [0.3, 0.4) is 0 Å². The largest absolute Gasteiger partial charge is 0.382 e. The highest BCUT2D eigenvalue weighted by Crippen LogP contribution is 2.33. The Labute approximate surface area is 131 Å². The number of anilines is 1. The molecule has 1 fully saturated rings. The molecule has 0 heterocycles. The lowest BCUT2D eigenvalue weighted by Gasteiger charge is -2.31. The average molecular weight is 311 g/mol. The van der Waals surface area contributed by atoms with E-state index in [1.54, 1.807) is 6.07 Å². The molecule has 0 spiro atoms. The SMILES string of the molecule is CC(C)CC1CCCC(Nc2ccc(Cl)c([N+](=O)[O-])c2)C1. The number of hydrogen-bond donors (Lipinski definition) is 1. The van der Waals surface area contributed by atoms with Crippen LogP contribution < -0.4 is 5.32 Å². The van der Waals surface area contributed by atoms with Gasteiger partial charge in [-0.25, -0.2) is 0 Å². The van der Waals surface area contributed by atoms with Crippen molar-refractivity contribution in [2.24, 2.45) is 11.8 Å². The van der Waals surface area contributed by atoms with Crippen molar-refractivity contribution < 1.29 is 4.92 Å². The number of nitrogens with one attached hydrogen (secondary N) is 1. The molecule has 2 unspecified atom stereocenters. The maximum atomic E-state index is 10.9. The summed E-state index contributed by atoms with van der Waals surface area (Å²) >= 11 is 5.84. The summed E-state index contributed by atoms with van der Waals surface area (Å²) in [6, 6.07) is 5.36. The molecular formula is C16H23ClN2O2. The quantitative estimate of drug-likeness (QED) is 0.595. The fourth-order valence-electron chi connectivity index (χ4n) is 3.28. The Balaban J connectivity index is 2.01. The van der Waals surface area contributed by atoms with E-state index in [4.69, 9.17) is 11.6 Å². The summed E-state index contributed by atoms with van der Waals surface area (Å²) < 4.78 is 0. The minimum Gasteiger partial charge on any atom is -0.382 e. The van der Waals surface area contributed by atoms with Crippen LogP contribution in [0.2, 0.25) is 5.02 Å². The summed E-state index contributed by atoms with van der Waals surface area (Å²) in [7, 11) is 0. The first-order valence-electron chi connectivity index (χ1n) is 7.66. The second kappa shape index (κ2) is 7.12. The van der Waals surface area contributed by atoms with Crippen LogP contribution in [-0.2, 0) is 0 Å². The average Bonchev–Trinajstić information content (AvgIpc) is 2.40. The maximum absolute atomic E-state index is 10.9. The molecule has 4 nitrogen and oxygen atoms in total. The Morgan fingerprint density at radius 2 is 2.19 bits per heavy atom. The molecule has 1 aromatic carbocycles. The number of hydrogen-bond acceptors (Lipinski definition) is 3. The van der Waals surface area contributed by atoms with Gasteiger partial charge >= 0.3 is 0 Å². The molecule has 2 atom stereocenters. The predicted molar refractivity (Wildman–Crippen MR) is 86.9 cm³/mol. The van der Waals surface area contributed by atoms with E-state index in [9.17, 15) is 10.1 Å². The highest BCUT2D eigenvalue weighted by molar-refractivity contribution is 6.32. The minimum atomic E-state index is -0.435. The number of halogens is 1. The van der Waals surface area contributed by atoms with Crippen molar-refractivity contribution in [3.05, 3.63) is 33.3 Å². The Bertz CT molecular complexity index is 505. The van der Waals surface area contributed by atoms with E-state index in [1.807, 2.05) is 6.07 Å². The van der Waals surface area contributed by atoms with E-state index < -0.39 is 4.92 Å². The van der Waals surface area contributed by atoms with Gasteiger partial charge < -0.3 is 5.32 Å². The van der Waals surface area contributed by atoms with Crippen LogP contribution >= 0.6 is 11.6 Å². The van der Waals surface area contributed by atoms with Crippen LogP contribution in [0.5, 0.6) is 0 Å². The Morgan fingerprint density at radius 3 is 2.86 bits per heavy atom. The van der Waals surface area contributed by atoms with Crippen molar-refractivity contribution in [2.75, 3.05) is 5.32 Å². The molecule has 1 saturated carbocycles. The van der Waals surface area contributed by atoms with Gasteiger partial charge in [-0.05, 0) is 43.2 Å². The number of nitro groups is 1. The number of benzene rings is 1.